The molecule has 1 amide bonds. The van der Waals surface area contributed by atoms with Gasteiger partial charge in [-0.15, -0.1) is 10.2 Å². The van der Waals surface area contributed by atoms with Gasteiger partial charge in [-0.25, -0.2) is 4.98 Å². The molecule has 0 radical (unpaired) electrons. The minimum atomic E-state index is -0.0227. The lowest BCUT2D eigenvalue weighted by atomic mass is 10.1. The van der Waals surface area contributed by atoms with Crippen molar-refractivity contribution >= 4 is 28.0 Å². The molecule has 0 saturated heterocycles. The van der Waals surface area contributed by atoms with E-state index in [-0.39, 0.29) is 5.91 Å². The molecule has 1 aliphatic carbocycles. The van der Waals surface area contributed by atoms with Gasteiger partial charge in [-0.3, -0.25) is 4.79 Å². The van der Waals surface area contributed by atoms with Crippen LogP contribution >= 0.6 is 0 Å². The Morgan fingerprint density at radius 3 is 2.84 bits per heavy atom. The third kappa shape index (κ3) is 3.07. The summed E-state index contributed by atoms with van der Waals surface area (Å²) >= 11 is 0. The van der Waals surface area contributed by atoms with Gasteiger partial charge in [0.15, 0.2) is 0 Å². The number of imidazole rings is 1. The Balaban J connectivity index is 1.83. The van der Waals surface area contributed by atoms with Crippen molar-refractivity contribution in [1.82, 2.24) is 30.0 Å². The molecule has 4 rings (SSSR count). The van der Waals surface area contributed by atoms with Crippen molar-refractivity contribution in [3.8, 4) is 0 Å². The highest BCUT2D eigenvalue weighted by Gasteiger charge is 2.24. The molecule has 0 bridgehead atoms. The monoisotopic (exact) mass is 338 g/mol. The fourth-order valence-corrected chi connectivity index (χ4v) is 3.01. The standard InChI is InChI=1S/C18H22N6O/c1-11-19-17-16(24(11)9-8-23(2)3)14-10-12(4-7-15(14)21-22-17)18(25)20-13-5-6-13/h4,7,10,13H,5-6,8-9H2,1-3H3,(H,20,25). The number of amides is 1. The Morgan fingerprint density at radius 1 is 1.32 bits per heavy atom. The number of benzene rings is 1. The van der Waals surface area contributed by atoms with Crippen LogP contribution in [0.3, 0.4) is 0 Å². The highest BCUT2D eigenvalue weighted by Crippen LogP contribution is 2.25. The van der Waals surface area contributed by atoms with Crippen molar-refractivity contribution in [1.29, 1.82) is 0 Å². The van der Waals surface area contributed by atoms with E-state index in [1.54, 1.807) is 0 Å². The highest BCUT2D eigenvalue weighted by molar-refractivity contribution is 6.05. The van der Waals surface area contributed by atoms with E-state index in [4.69, 9.17) is 0 Å². The molecule has 0 spiro atoms. The molecule has 7 nitrogen and oxygen atoms in total. The van der Waals surface area contributed by atoms with Gasteiger partial charge in [0, 0.05) is 30.1 Å². The first-order chi connectivity index (χ1) is 12.0. The average molecular weight is 338 g/mol. The van der Waals surface area contributed by atoms with Crippen LogP contribution in [0.5, 0.6) is 0 Å². The van der Waals surface area contributed by atoms with Gasteiger partial charge in [0.05, 0.1) is 11.0 Å². The summed E-state index contributed by atoms with van der Waals surface area (Å²) in [6, 6.07) is 5.93. The van der Waals surface area contributed by atoms with Gasteiger partial charge in [0.2, 0.25) is 5.65 Å². The van der Waals surface area contributed by atoms with Gasteiger partial charge < -0.3 is 14.8 Å². The van der Waals surface area contributed by atoms with Crippen molar-refractivity contribution in [3.05, 3.63) is 29.6 Å². The lowest BCUT2D eigenvalue weighted by Gasteiger charge is -2.13. The van der Waals surface area contributed by atoms with Crippen LogP contribution in [0.2, 0.25) is 0 Å². The number of likely N-dealkylation sites (N-methyl/N-ethyl adjacent to an activating group) is 1. The molecule has 0 unspecified atom stereocenters. The molecule has 1 saturated carbocycles. The molecule has 25 heavy (non-hydrogen) atoms. The summed E-state index contributed by atoms with van der Waals surface area (Å²) in [5, 5.41) is 12.5. The van der Waals surface area contributed by atoms with Crippen LogP contribution < -0.4 is 5.32 Å². The normalized spacial score (nSPS) is 14.6. The Bertz CT molecular complexity index is 957. The molecule has 1 N–H and O–H groups in total. The largest absolute Gasteiger partial charge is 0.349 e. The van der Waals surface area contributed by atoms with Crippen LogP contribution in [-0.2, 0) is 6.54 Å². The van der Waals surface area contributed by atoms with Crippen LogP contribution in [0.4, 0.5) is 0 Å². The second-order valence-corrected chi connectivity index (χ2v) is 6.97. The van der Waals surface area contributed by atoms with Gasteiger partial charge in [-0.2, -0.15) is 0 Å². The van der Waals surface area contributed by atoms with E-state index in [0.717, 1.165) is 48.2 Å². The molecule has 7 heteroatoms. The Kier molecular flexibility index (Phi) is 3.88. The minimum Gasteiger partial charge on any atom is -0.349 e. The SMILES string of the molecule is Cc1nc2nnc3ccc(C(=O)NC4CC4)cc3c2n1CCN(C)C. The number of aromatic nitrogens is 4. The zero-order chi connectivity index (χ0) is 17.6. The van der Waals surface area contributed by atoms with Gasteiger partial charge >= 0.3 is 0 Å². The quantitative estimate of drug-likeness (QED) is 0.767. The number of nitrogens with one attached hydrogen (secondary N) is 1. The van der Waals surface area contributed by atoms with Gasteiger partial charge in [0.25, 0.3) is 5.91 Å². The summed E-state index contributed by atoms with van der Waals surface area (Å²) in [7, 11) is 4.10. The van der Waals surface area contributed by atoms with Gasteiger partial charge in [-0.1, -0.05) is 0 Å². The maximum Gasteiger partial charge on any atom is 0.251 e. The number of carbonyl (C=O) groups excluding carboxylic acids is 1. The van der Waals surface area contributed by atoms with Crippen molar-refractivity contribution in [3.63, 3.8) is 0 Å². The summed E-state index contributed by atoms with van der Waals surface area (Å²) in [5.41, 5.74) is 3.02. The van der Waals surface area contributed by atoms with E-state index in [0.29, 0.717) is 17.3 Å². The predicted molar refractivity (Wildman–Crippen MR) is 96.6 cm³/mol. The maximum atomic E-state index is 12.4. The smallest absolute Gasteiger partial charge is 0.251 e. The molecule has 3 aromatic rings. The first-order valence-electron chi connectivity index (χ1n) is 8.62. The van der Waals surface area contributed by atoms with E-state index < -0.39 is 0 Å². The Hall–Kier alpha value is -2.54. The van der Waals surface area contributed by atoms with E-state index in [9.17, 15) is 4.79 Å². The van der Waals surface area contributed by atoms with Gasteiger partial charge in [0.1, 0.15) is 5.82 Å². The maximum absolute atomic E-state index is 12.4. The zero-order valence-corrected chi connectivity index (χ0v) is 14.8. The number of carbonyl (C=O) groups is 1. The highest BCUT2D eigenvalue weighted by atomic mass is 16.1. The zero-order valence-electron chi connectivity index (χ0n) is 14.8. The molecule has 1 aromatic carbocycles. The van der Waals surface area contributed by atoms with Crippen LogP contribution in [0.1, 0.15) is 29.0 Å². The first-order valence-corrected chi connectivity index (χ1v) is 8.62. The van der Waals surface area contributed by atoms with Crippen LogP contribution in [-0.4, -0.2) is 57.2 Å². The minimum absolute atomic E-state index is 0.0227. The second-order valence-electron chi connectivity index (χ2n) is 6.97. The summed E-state index contributed by atoms with van der Waals surface area (Å²) in [6.45, 7) is 3.69. The number of nitrogens with zero attached hydrogens (tertiary/aromatic N) is 5. The Morgan fingerprint density at radius 2 is 2.12 bits per heavy atom. The lowest BCUT2D eigenvalue weighted by Crippen LogP contribution is -2.25. The number of hydrogen-bond donors (Lipinski definition) is 1. The molecule has 130 valence electrons. The average Bonchev–Trinajstić information content (AvgIpc) is 3.33. The van der Waals surface area contributed by atoms with E-state index in [1.165, 1.54) is 0 Å². The molecule has 2 aromatic heterocycles. The fourth-order valence-electron chi connectivity index (χ4n) is 3.01. The van der Waals surface area contributed by atoms with Gasteiger partial charge in [-0.05, 0) is 52.1 Å². The van der Waals surface area contributed by atoms with Crippen LogP contribution in [0.25, 0.3) is 22.1 Å². The third-order valence-electron chi connectivity index (χ3n) is 4.59. The number of hydrogen-bond acceptors (Lipinski definition) is 5. The third-order valence-corrected chi connectivity index (χ3v) is 4.59. The number of aryl methyl sites for hydroxylation is 1. The molecule has 0 atom stereocenters. The van der Waals surface area contributed by atoms with E-state index >= 15 is 0 Å². The van der Waals surface area contributed by atoms with Crippen LogP contribution in [0.15, 0.2) is 18.2 Å². The molecular formula is C18H22N6O. The van der Waals surface area contributed by atoms with Crippen molar-refractivity contribution < 1.29 is 4.79 Å². The summed E-state index contributed by atoms with van der Waals surface area (Å²) in [4.78, 5) is 19.1. The summed E-state index contributed by atoms with van der Waals surface area (Å²) < 4.78 is 2.16. The topological polar surface area (TPSA) is 75.9 Å². The molecule has 2 heterocycles. The number of fused-ring (bicyclic) bond motifs is 3. The summed E-state index contributed by atoms with van der Waals surface area (Å²) in [5.74, 6) is 0.886. The first kappa shape index (κ1) is 16.0. The molecule has 1 aliphatic rings. The number of rotatable bonds is 5. The summed E-state index contributed by atoms with van der Waals surface area (Å²) in [6.07, 6.45) is 2.15. The second kappa shape index (κ2) is 6.07. The van der Waals surface area contributed by atoms with Crippen molar-refractivity contribution in [2.24, 2.45) is 0 Å². The van der Waals surface area contributed by atoms with Crippen molar-refractivity contribution in [2.45, 2.75) is 32.4 Å². The predicted octanol–water partition coefficient (Wildman–Crippen LogP) is 1.74. The van der Waals surface area contributed by atoms with E-state index in [2.05, 4.69) is 30.0 Å². The molecule has 0 aliphatic heterocycles. The Labute approximate surface area is 146 Å². The van der Waals surface area contributed by atoms with E-state index in [1.807, 2.05) is 39.2 Å². The molecular weight excluding hydrogens is 316 g/mol. The lowest BCUT2D eigenvalue weighted by molar-refractivity contribution is 0.0951. The van der Waals surface area contributed by atoms with Crippen LogP contribution in [0, 0.1) is 6.92 Å². The van der Waals surface area contributed by atoms with Crippen molar-refractivity contribution in [2.75, 3.05) is 20.6 Å². The molecule has 1 fully saturated rings. The fraction of sp³-hybridized carbons (Fsp3) is 0.444.